The Balaban J connectivity index is 0.000000267. The van der Waals surface area contributed by atoms with Crippen LogP contribution in [0.5, 0.6) is 0 Å². The maximum absolute atomic E-state index is 13.5. The number of rotatable bonds is 25. The monoisotopic (exact) mass is 1920 g/mol. The molecule has 0 bridgehead atoms. The Bertz CT molecular complexity index is 6050. The van der Waals surface area contributed by atoms with E-state index in [9.17, 15) is 51.1 Å². The Morgan fingerprint density at radius 2 is 0.759 bits per heavy atom. The van der Waals surface area contributed by atoms with E-state index in [0.29, 0.717) is 69.4 Å². The number of nitrogens with one attached hydrogen (secondary N) is 1. The second-order valence-electron chi connectivity index (χ2n) is 32.1. The fraction of sp³-hybridized carbons (Fsp3) is 0.235. The van der Waals surface area contributed by atoms with E-state index in [1.165, 1.54) is 101 Å². The number of thiophene rings is 3. The van der Waals surface area contributed by atoms with Gasteiger partial charge in [-0.3, -0.25) is 38.9 Å². The number of nitrogen functional groups attached to an aromatic ring is 1. The maximum atomic E-state index is 13.5. The van der Waals surface area contributed by atoms with Gasteiger partial charge in [-0.1, -0.05) is 122 Å². The number of pyridine rings is 3. The summed E-state index contributed by atoms with van der Waals surface area (Å²) in [7, 11) is 0. The molecule has 0 fully saturated rings. The SMILES string of the molecule is C=CC(=O)OCC.CC(C)(C)c1cc(-c2csc(-c3ccc(C(=O)N(CCC(=O)O)c4ccc(F)cc4)cc3Cl)c2)ccn1.CC(C)(C)c1cc(-c2csc(-c3ccc(C(=O)O)cc3Cl)c2)ccn1.CCOC(=O)CCN(C(=O)c1ccc(-c2cc(-c3ccnc(C(C)(C)C)c3)cs2)c(Cl)c1)c1ccc(F)cc1.CCOC(=O)CCNc1ccc(F)cc1.Nc1ccc(F)cc1.[Li+].[OH-]. The first-order chi connectivity index (χ1) is 62.2. The second kappa shape index (κ2) is 52.4. The van der Waals surface area contributed by atoms with Gasteiger partial charge in [0.05, 0.1) is 59.7 Å². The first kappa shape index (κ1) is 110. The summed E-state index contributed by atoms with van der Waals surface area (Å²) in [5, 5.41) is 28.7. The number of nitrogens with zero attached hydrogens (tertiary/aromatic N) is 5. The molecule has 31 heteroatoms. The van der Waals surface area contributed by atoms with Gasteiger partial charge < -0.3 is 50.8 Å². The van der Waals surface area contributed by atoms with Gasteiger partial charge in [-0.2, -0.15) is 0 Å². The van der Waals surface area contributed by atoms with Crippen LogP contribution < -0.4 is 39.7 Å². The molecule has 0 radical (unpaired) electrons. The number of benzene rings is 7. The van der Waals surface area contributed by atoms with E-state index in [1.54, 1.807) is 109 Å². The zero-order chi connectivity index (χ0) is 95.9. The number of aliphatic carboxylic acids is 1. The van der Waals surface area contributed by atoms with E-state index < -0.39 is 35.4 Å². The molecule has 6 N–H and O–H groups in total. The third kappa shape index (κ3) is 34.1. The minimum Gasteiger partial charge on any atom is -0.870 e. The van der Waals surface area contributed by atoms with Crippen LogP contribution in [0, 0.1) is 23.3 Å². The number of carbonyl (C=O) groups is 7. The standard InChI is InChI=1S/C31H30ClFN2O3S.C29H26ClFN2O3S.C20H18ClNO2S.C11H14FNO2.C6H6FN.C5H8O2.Li.H2O/c1-5-38-29(36)13-15-35(24-9-7-23(33)8-10-24)30(37)21-6-11-25(26(32)16-21)27-17-22(19-39-27)20-12-14-34-28(18-20)31(2,3)4;1-29(2,3)26-16-18(10-12-32-26)20-15-25(37-17-20)23-9-4-19(14-24(23)30)28(36)33(13-11-27(34)35)22-7-5-21(31)6-8-22;1-20(2,3)18-10-12(6-7-22-18)14-9-17(25-11-14)15-5-4-13(19(23)24)8-16(15)21;1-2-15-11(14)7-8-13-10-5-3-9(12)4-6-10;7-5-1-3-6(8)4-2-5;1-3-5(6)7-4-2;;/h6-12,14,16-19H,5,13,15H2,1-4H3;4-10,12,14-17H,11,13H2,1-3H3,(H,34,35);4-11H,1-3H3,(H,23,24);3-6,13H,2,7-8H2,1H3;1-4H,8H2;3H,1,4H2,2H3;;1H2/q;;;;;;+1;/p-1. The molecule has 0 unspecified atom stereocenters. The zero-order valence-electron chi connectivity index (χ0n) is 75.9. The van der Waals surface area contributed by atoms with E-state index >= 15 is 0 Å². The Morgan fingerprint density at radius 1 is 0.436 bits per heavy atom. The summed E-state index contributed by atoms with van der Waals surface area (Å²) in [4.78, 5) is 101. The molecule has 13 rings (SSSR count). The average Bonchev–Trinajstić information content (AvgIpc) is 1.74. The molecule has 0 aliphatic carbocycles. The molecule has 692 valence electrons. The number of aromatic carboxylic acids is 1. The molecule has 0 aliphatic heterocycles. The van der Waals surface area contributed by atoms with E-state index in [0.717, 1.165) is 93.5 Å². The van der Waals surface area contributed by atoms with E-state index in [1.807, 2.05) is 42.9 Å². The number of halogens is 7. The summed E-state index contributed by atoms with van der Waals surface area (Å²) < 4.78 is 65.7. The van der Waals surface area contributed by atoms with Crippen LogP contribution >= 0.6 is 68.8 Å². The molecule has 20 nitrogen and oxygen atoms in total. The molecule has 7 aromatic carbocycles. The van der Waals surface area contributed by atoms with Gasteiger partial charge in [0.15, 0.2) is 0 Å². The molecule has 2 amide bonds. The fourth-order valence-electron chi connectivity index (χ4n) is 12.2. The number of nitrogens with two attached hydrogens (primary N) is 1. The minimum absolute atomic E-state index is 0. The van der Waals surface area contributed by atoms with Gasteiger partial charge in [0, 0.05) is 143 Å². The number of aromatic nitrogens is 3. The minimum atomic E-state index is -1.04. The molecule has 6 aromatic heterocycles. The predicted octanol–water partition coefficient (Wildman–Crippen LogP) is 23.1. The number of ether oxygens (including phenoxy) is 3. The van der Waals surface area contributed by atoms with Crippen molar-refractivity contribution in [2.75, 3.05) is 60.3 Å². The summed E-state index contributed by atoms with van der Waals surface area (Å²) in [5.74, 6) is -5.17. The Labute approximate surface area is 811 Å². The van der Waals surface area contributed by atoms with Gasteiger partial charge in [0.1, 0.15) is 23.3 Å². The smallest absolute Gasteiger partial charge is 0.870 e. The number of anilines is 4. The first-order valence-electron chi connectivity index (χ1n) is 41.4. The molecule has 0 aliphatic rings. The molecular weight excluding hydrogens is 1820 g/mol. The quantitative estimate of drug-likeness (QED) is 0.0103. The van der Waals surface area contributed by atoms with Crippen molar-refractivity contribution in [1.82, 2.24) is 15.0 Å². The summed E-state index contributed by atoms with van der Waals surface area (Å²) >= 11 is 24.3. The van der Waals surface area contributed by atoms with Crippen LogP contribution in [0.4, 0.5) is 40.3 Å². The predicted molar refractivity (Wildman–Crippen MR) is 522 cm³/mol. The van der Waals surface area contributed by atoms with Crippen LogP contribution in [0.3, 0.4) is 0 Å². The topological polar surface area (TPSA) is 301 Å². The zero-order valence-corrected chi connectivity index (χ0v) is 80.6. The van der Waals surface area contributed by atoms with E-state index in [4.69, 9.17) is 60.2 Å². The fourth-order valence-corrected chi connectivity index (χ4v) is 16.0. The van der Waals surface area contributed by atoms with Gasteiger partial charge in [-0.05, 0) is 258 Å². The number of carboxylic acids is 2. The summed E-state index contributed by atoms with van der Waals surface area (Å²) in [5.41, 5.74) is 20.2. The first-order valence-corrected chi connectivity index (χ1v) is 45.2. The number of esters is 3. The number of carboxylic acid groups (broad SMARTS) is 2. The Hall–Kier alpha value is -12.1. The molecule has 0 saturated carbocycles. The van der Waals surface area contributed by atoms with Crippen molar-refractivity contribution in [1.29, 1.82) is 0 Å². The molecule has 0 spiro atoms. The third-order valence-corrected chi connectivity index (χ3v) is 22.9. The van der Waals surface area contributed by atoms with Gasteiger partial charge in [-0.25, -0.2) is 27.2 Å². The van der Waals surface area contributed by atoms with Crippen LogP contribution in [-0.4, -0.2) is 112 Å². The summed E-state index contributed by atoms with van der Waals surface area (Å²) in [6.07, 6.45) is 6.69. The molecule has 6 heterocycles. The normalized spacial score (nSPS) is 10.7. The summed E-state index contributed by atoms with van der Waals surface area (Å²) in [6, 6.07) is 56.1. The van der Waals surface area contributed by atoms with Gasteiger partial charge in [0.25, 0.3) is 11.8 Å². The van der Waals surface area contributed by atoms with Crippen molar-refractivity contribution in [2.45, 2.75) is 119 Å². The van der Waals surface area contributed by atoms with E-state index in [2.05, 4.69) is 146 Å². The van der Waals surface area contributed by atoms with Crippen LogP contribution in [0.25, 0.3) is 64.7 Å². The molecule has 133 heavy (non-hydrogen) atoms. The van der Waals surface area contributed by atoms with Gasteiger partial charge in [0.2, 0.25) is 0 Å². The van der Waals surface area contributed by atoms with Crippen LogP contribution in [-0.2, 0) is 49.6 Å². The van der Waals surface area contributed by atoms with Crippen molar-refractivity contribution in [3.63, 3.8) is 0 Å². The maximum Gasteiger partial charge on any atom is 1.00 e. The summed E-state index contributed by atoms with van der Waals surface area (Å²) in [6.45, 7) is 29.2. The van der Waals surface area contributed by atoms with Crippen molar-refractivity contribution < 1.29 is 99.9 Å². The average molecular weight is 1920 g/mol. The number of carbonyl (C=O) groups excluding carboxylic acids is 5. The van der Waals surface area contributed by atoms with E-state index in [-0.39, 0.29) is 108 Å². The van der Waals surface area contributed by atoms with Crippen molar-refractivity contribution in [2.24, 2.45) is 0 Å². The Kier molecular flexibility index (Phi) is 43.1. The molecule has 0 atom stereocenters. The van der Waals surface area contributed by atoms with Gasteiger partial charge in [-0.15, -0.1) is 34.0 Å². The second-order valence-corrected chi connectivity index (χ2v) is 36.0. The molecule has 0 saturated heterocycles. The largest absolute Gasteiger partial charge is 1.00 e. The van der Waals surface area contributed by atoms with Crippen LogP contribution in [0.2, 0.25) is 15.1 Å². The number of hydrogen-bond acceptors (Lipinski definition) is 19. The van der Waals surface area contributed by atoms with Crippen molar-refractivity contribution >= 4 is 133 Å². The third-order valence-electron chi connectivity index (χ3n) is 19.1. The molecule has 13 aromatic rings. The van der Waals surface area contributed by atoms with Gasteiger partial charge >= 0.3 is 48.7 Å². The number of hydrogen-bond donors (Lipinski definition) is 4. The van der Waals surface area contributed by atoms with Crippen LogP contribution in [0.1, 0.15) is 151 Å². The molecular formula is C102H103Cl3F4LiN7O13S3. The number of amides is 2. The Morgan fingerprint density at radius 3 is 1.07 bits per heavy atom. The van der Waals surface area contributed by atoms with Crippen LogP contribution in [0.15, 0.2) is 254 Å². The van der Waals surface area contributed by atoms with Crippen molar-refractivity contribution in [3.05, 3.63) is 326 Å². The van der Waals surface area contributed by atoms with Crippen molar-refractivity contribution in [3.8, 4) is 64.7 Å².